The van der Waals surface area contributed by atoms with Crippen molar-refractivity contribution in [3.63, 3.8) is 0 Å². The number of carboxylic acid groups (broad SMARTS) is 1. The Kier molecular flexibility index (Phi) is 6.14. The number of aliphatic carboxylic acids is 1. The highest BCUT2D eigenvalue weighted by Crippen LogP contribution is 2.13. The number of halogens is 1. The molecule has 0 aliphatic rings. The SMILES string of the molecule is CC(C)CN(CC(=O)O)C(=O)NC(C)c1ccc(F)cc1. The van der Waals surface area contributed by atoms with E-state index in [0.717, 1.165) is 5.56 Å². The summed E-state index contributed by atoms with van der Waals surface area (Å²) < 4.78 is 12.9. The van der Waals surface area contributed by atoms with Gasteiger partial charge in [-0.3, -0.25) is 4.79 Å². The Morgan fingerprint density at radius 3 is 2.29 bits per heavy atom. The fourth-order valence-corrected chi connectivity index (χ4v) is 1.93. The fourth-order valence-electron chi connectivity index (χ4n) is 1.93. The molecule has 0 saturated carbocycles. The second-order valence-corrected chi connectivity index (χ2v) is 5.39. The molecule has 0 fully saturated rings. The summed E-state index contributed by atoms with van der Waals surface area (Å²) in [6, 6.07) is 5.04. The molecule has 1 aromatic carbocycles. The van der Waals surface area contributed by atoms with Gasteiger partial charge >= 0.3 is 12.0 Å². The molecule has 0 saturated heterocycles. The monoisotopic (exact) mass is 296 g/mol. The van der Waals surface area contributed by atoms with E-state index in [-0.39, 0.29) is 24.3 Å². The Balaban J connectivity index is 2.70. The number of carboxylic acids is 1. The van der Waals surface area contributed by atoms with Crippen molar-refractivity contribution in [1.29, 1.82) is 0 Å². The predicted molar refractivity (Wildman–Crippen MR) is 77.4 cm³/mol. The molecular formula is C15H21FN2O3. The number of carbonyl (C=O) groups excluding carboxylic acids is 1. The average Bonchev–Trinajstić information content (AvgIpc) is 2.37. The topological polar surface area (TPSA) is 69.6 Å². The molecule has 0 heterocycles. The minimum atomic E-state index is -1.06. The lowest BCUT2D eigenvalue weighted by Crippen LogP contribution is -2.45. The van der Waals surface area contributed by atoms with E-state index in [9.17, 15) is 14.0 Å². The Hall–Kier alpha value is -2.11. The zero-order chi connectivity index (χ0) is 16.0. The van der Waals surface area contributed by atoms with Crippen LogP contribution in [-0.2, 0) is 4.79 Å². The third kappa shape index (κ3) is 5.81. The number of rotatable bonds is 6. The molecule has 116 valence electrons. The molecule has 1 unspecified atom stereocenters. The van der Waals surface area contributed by atoms with Crippen LogP contribution >= 0.6 is 0 Å². The van der Waals surface area contributed by atoms with Crippen molar-refractivity contribution in [2.24, 2.45) is 5.92 Å². The molecule has 0 aliphatic heterocycles. The molecule has 2 amide bonds. The number of urea groups is 1. The number of hydrogen-bond acceptors (Lipinski definition) is 2. The Morgan fingerprint density at radius 1 is 1.24 bits per heavy atom. The first-order valence-corrected chi connectivity index (χ1v) is 6.82. The molecule has 5 nitrogen and oxygen atoms in total. The van der Waals surface area contributed by atoms with E-state index < -0.39 is 12.0 Å². The molecule has 0 radical (unpaired) electrons. The minimum Gasteiger partial charge on any atom is -0.480 e. The van der Waals surface area contributed by atoms with E-state index in [0.29, 0.717) is 6.54 Å². The van der Waals surface area contributed by atoms with Crippen LogP contribution in [0.2, 0.25) is 0 Å². The van der Waals surface area contributed by atoms with Crippen LogP contribution in [0, 0.1) is 11.7 Å². The smallest absolute Gasteiger partial charge is 0.323 e. The van der Waals surface area contributed by atoms with Crippen LogP contribution in [0.1, 0.15) is 32.4 Å². The van der Waals surface area contributed by atoms with Crippen LogP contribution < -0.4 is 5.32 Å². The van der Waals surface area contributed by atoms with Gasteiger partial charge in [0.25, 0.3) is 0 Å². The van der Waals surface area contributed by atoms with Crippen LogP contribution in [0.15, 0.2) is 24.3 Å². The van der Waals surface area contributed by atoms with E-state index in [4.69, 9.17) is 5.11 Å². The third-order valence-corrected chi connectivity index (χ3v) is 2.91. The summed E-state index contributed by atoms with van der Waals surface area (Å²) in [6.07, 6.45) is 0. The Labute approximate surface area is 123 Å². The van der Waals surface area contributed by atoms with E-state index in [1.165, 1.54) is 17.0 Å². The first-order valence-electron chi connectivity index (χ1n) is 6.82. The van der Waals surface area contributed by atoms with Crippen LogP contribution in [0.4, 0.5) is 9.18 Å². The summed E-state index contributed by atoms with van der Waals surface area (Å²) in [5.41, 5.74) is 0.754. The number of nitrogens with one attached hydrogen (secondary N) is 1. The lowest BCUT2D eigenvalue weighted by Gasteiger charge is -2.25. The van der Waals surface area contributed by atoms with Crippen LogP contribution in [0.3, 0.4) is 0 Å². The van der Waals surface area contributed by atoms with Gasteiger partial charge in [0.15, 0.2) is 0 Å². The highest BCUT2D eigenvalue weighted by atomic mass is 19.1. The normalized spacial score (nSPS) is 12.0. The number of carbonyl (C=O) groups is 2. The number of hydrogen-bond donors (Lipinski definition) is 2. The standard InChI is InChI=1S/C15H21FN2O3/c1-10(2)8-18(9-14(19)20)15(21)17-11(3)12-4-6-13(16)7-5-12/h4-7,10-11H,8-9H2,1-3H3,(H,17,21)(H,19,20). The van der Waals surface area contributed by atoms with Crippen molar-refractivity contribution in [1.82, 2.24) is 10.2 Å². The fraction of sp³-hybridized carbons (Fsp3) is 0.467. The van der Waals surface area contributed by atoms with Gasteiger partial charge in [0, 0.05) is 6.54 Å². The van der Waals surface area contributed by atoms with E-state index >= 15 is 0 Å². The van der Waals surface area contributed by atoms with Gasteiger partial charge in [0.05, 0.1) is 6.04 Å². The third-order valence-electron chi connectivity index (χ3n) is 2.91. The summed E-state index contributed by atoms with van der Waals surface area (Å²) in [5, 5.41) is 11.6. The molecule has 0 spiro atoms. The first kappa shape index (κ1) is 16.9. The lowest BCUT2D eigenvalue weighted by atomic mass is 10.1. The molecule has 0 aliphatic carbocycles. The number of benzene rings is 1. The number of nitrogens with zero attached hydrogens (tertiary/aromatic N) is 1. The summed E-state index contributed by atoms with van der Waals surface area (Å²) in [6.45, 7) is 5.59. The predicted octanol–water partition coefficient (Wildman–Crippen LogP) is 2.64. The van der Waals surface area contributed by atoms with Crippen molar-refractivity contribution < 1.29 is 19.1 Å². The van der Waals surface area contributed by atoms with Crippen LogP contribution in [0.5, 0.6) is 0 Å². The molecule has 0 aromatic heterocycles. The Bertz CT molecular complexity index is 488. The zero-order valence-corrected chi connectivity index (χ0v) is 12.5. The zero-order valence-electron chi connectivity index (χ0n) is 12.5. The van der Waals surface area contributed by atoms with Crippen molar-refractivity contribution in [2.45, 2.75) is 26.8 Å². The summed E-state index contributed by atoms with van der Waals surface area (Å²) in [5.74, 6) is -1.24. The maximum absolute atomic E-state index is 12.9. The average molecular weight is 296 g/mol. The van der Waals surface area contributed by atoms with Gasteiger partial charge in [-0.2, -0.15) is 0 Å². The van der Waals surface area contributed by atoms with Gasteiger partial charge in [-0.1, -0.05) is 26.0 Å². The molecule has 21 heavy (non-hydrogen) atoms. The molecule has 1 atom stereocenters. The van der Waals surface area contributed by atoms with Gasteiger partial charge in [0.1, 0.15) is 12.4 Å². The largest absolute Gasteiger partial charge is 0.480 e. The molecule has 1 aromatic rings. The molecule has 0 bridgehead atoms. The molecular weight excluding hydrogens is 275 g/mol. The van der Waals surface area contributed by atoms with Crippen LogP contribution in [0.25, 0.3) is 0 Å². The van der Waals surface area contributed by atoms with Crippen molar-refractivity contribution in [3.05, 3.63) is 35.6 Å². The highest BCUT2D eigenvalue weighted by Gasteiger charge is 2.19. The second-order valence-electron chi connectivity index (χ2n) is 5.39. The maximum Gasteiger partial charge on any atom is 0.323 e. The van der Waals surface area contributed by atoms with Gasteiger partial charge in [-0.15, -0.1) is 0 Å². The van der Waals surface area contributed by atoms with Gasteiger partial charge in [0.2, 0.25) is 0 Å². The second kappa shape index (κ2) is 7.61. The minimum absolute atomic E-state index is 0.163. The van der Waals surface area contributed by atoms with Crippen molar-refractivity contribution >= 4 is 12.0 Å². The number of amides is 2. The summed E-state index contributed by atoms with van der Waals surface area (Å²) in [4.78, 5) is 24.2. The van der Waals surface area contributed by atoms with Gasteiger partial charge in [-0.05, 0) is 30.5 Å². The molecule has 6 heteroatoms. The molecule has 1 rings (SSSR count). The van der Waals surface area contributed by atoms with E-state index in [1.807, 2.05) is 13.8 Å². The maximum atomic E-state index is 12.9. The van der Waals surface area contributed by atoms with Gasteiger partial charge < -0.3 is 15.3 Å². The van der Waals surface area contributed by atoms with Crippen molar-refractivity contribution in [2.75, 3.05) is 13.1 Å². The van der Waals surface area contributed by atoms with Crippen LogP contribution in [-0.4, -0.2) is 35.1 Å². The van der Waals surface area contributed by atoms with E-state index in [2.05, 4.69) is 5.32 Å². The lowest BCUT2D eigenvalue weighted by molar-refractivity contribution is -0.137. The van der Waals surface area contributed by atoms with Gasteiger partial charge in [-0.25, -0.2) is 9.18 Å². The quantitative estimate of drug-likeness (QED) is 0.848. The van der Waals surface area contributed by atoms with E-state index in [1.54, 1.807) is 19.1 Å². The Morgan fingerprint density at radius 2 is 1.81 bits per heavy atom. The first-order chi connectivity index (χ1) is 9.79. The summed E-state index contributed by atoms with van der Waals surface area (Å²) >= 11 is 0. The summed E-state index contributed by atoms with van der Waals surface area (Å²) in [7, 11) is 0. The molecule has 2 N–H and O–H groups in total. The van der Waals surface area contributed by atoms with Crippen molar-refractivity contribution in [3.8, 4) is 0 Å². The highest BCUT2D eigenvalue weighted by molar-refractivity contribution is 5.80.